The monoisotopic (exact) mass is 310 g/mol. The Hall–Kier alpha value is -1.62. The van der Waals surface area contributed by atoms with Gasteiger partial charge in [-0.15, -0.1) is 0 Å². The molecule has 0 spiro atoms. The SMILES string of the molecule is CCOC(=O)/C=C(\C)C(=N)c1cc(Br)ccc1N. The molecule has 0 atom stereocenters. The van der Waals surface area contributed by atoms with Crippen molar-refractivity contribution in [3.63, 3.8) is 0 Å². The molecule has 1 aromatic carbocycles. The third-order valence-corrected chi connectivity index (χ3v) is 2.79. The summed E-state index contributed by atoms with van der Waals surface area (Å²) in [5.41, 5.74) is 7.62. The van der Waals surface area contributed by atoms with E-state index in [0.29, 0.717) is 23.4 Å². The lowest BCUT2D eigenvalue weighted by molar-refractivity contribution is -0.137. The molecule has 0 saturated carbocycles. The number of nitrogen functional groups attached to an aromatic ring is 1. The average Bonchev–Trinajstić information content (AvgIpc) is 2.31. The van der Waals surface area contributed by atoms with Gasteiger partial charge in [0.05, 0.1) is 12.3 Å². The van der Waals surface area contributed by atoms with Gasteiger partial charge in [0.15, 0.2) is 0 Å². The number of rotatable bonds is 4. The minimum absolute atomic E-state index is 0.210. The van der Waals surface area contributed by atoms with Crippen molar-refractivity contribution in [2.75, 3.05) is 12.3 Å². The van der Waals surface area contributed by atoms with E-state index in [1.807, 2.05) is 0 Å². The molecule has 96 valence electrons. The number of hydrogen-bond donors (Lipinski definition) is 2. The van der Waals surface area contributed by atoms with Crippen molar-refractivity contribution in [1.29, 1.82) is 5.41 Å². The lowest BCUT2D eigenvalue weighted by Gasteiger charge is -2.08. The second kappa shape index (κ2) is 6.35. The number of nitrogens with two attached hydrogens (primary N) is 1. The molecule has 0 heterocycles. The number of benzene rings is 1. The molecule has 1 rings (SSSR count). The van der Waals surface area contributed by atoms with Crippen LogP contribution in [-0.4, -0.2) is 18.3 Å². The maximum absolute atomic E-state index is 11.3. The van der Waals surface area contributed by atoms with E-state index in [1.165, 1.54) is 6.08 Å². The van der Waals surface area contributed by atoms with Crippen LogP contribution in [0.1, 0.15) is 19.4 Å². The molecule has 3 N–H and O–H groups in total. The molecule has 0 bridgehead atoms. The van der Waals surface area contributed by atoms with Crippen LogP contribution in [0.2, 0.25) is 0 Å². The predicted molar refractivity (Wildman–Crippen MR) is 75.8 cm³/mol. The van der Waals surface area contributed by atoms with Crippen LogP contribution in [0.5, 0.6) is 0 Å². The molecule has 18 heavy (non-hydrogen) atoms. The lowest BCUT2D eigenvalue weighted by Crippen LogP contribution is -2.08. The van der Waals surface area contributed by atoms with Crippen LogP contribution in [0.3, 0.4) is 0 Å². The summed E-state index contributed by atoms with van der Waals surface area (Å²) >= 11 is 3.33. The fourth-order valence-corrected chi connectivity index (χ4v) is 1.75. The molecule has 0 amide bonds. The number of hydrogen-bond acceptors (Lipinski definition) is 4. The van der Waals surface area contributed by atoms with Gasteiger partial charge in [0.1, 0.15) is 0 Å². The zero-order chi connectivity index (χ0) is 13.7. The van der Waals surface area contributed by atoms with Crippen LogP contribution in [0.15, 0.2) is 34.3 Å². The molecule has 0 unspecified atom stereocenters. The first-order valence-corrected chi connectivity index (χ1v) is 6.24. The average molecular weight is 311 g/mol. The topological polar surface area (TPSA) is 76.2 Å². The zero-order valence-corrected chi connectivity index (χ0v) is 11.9. The molecule has 4 nitrogen and oxygen atoms in total. The highest BCUT2D eigenvalue weighted by atomic mass is 79.9. The minimum atomic E-state index is -0.451. The van der Waals surface area contributed by atoms with Crippen LogP contribution in [0, 0.1) is 5.41 Å². The first-order chi connectivity index (χ1) is 8.45. The molecular weight excluding hydrogens is 296 g/mol. The van der Waals surface area contributed by atoms with Crippen molar-refractivity contribution < 1.29 is 9.53 Å². The van der Waals surface area contributed by atoms with E-state index in [9.17, 15) is 4.79 Å². The summed E-state index contributed by atoms with van der Waals surface area (Å²) in [6, 6.07) is 5.27. The van der Waals surface area contributed by atoms with Crippen molar-refractivity contribution in [2.45, 2.75) is 13.8 Å². The quantitative estimate of drug-likeness (QED) is 0.388. The van der Waals surface area contributed by atoms with Crippen LogP contribution >= 0.6 is 15.9 Å². The highest BCUT2D eigenvalue weighted by Crippen LogP contribution is 2.21. The maximum Gasteiger partial charge on any atom is 0.331 e. The molecule has 5 heteroatoms. The van der Waals surface area contributed by atoms with Crippen molar-refractivity contribution in [2.24, 2.45) is 0 Å². The first kappa shape index (κ1) is 14.4. The summed E-state index contributed by atoms with van der Waals surface area (Å²) in [6.45, 7) is 3.73. The van der Waals surface area contributed by atoms with E-state index in [2.05, 4.69) is 15.9 Å². The molecule has 0 radical (unpaired) electrons. The Morgan fingerprint density at radius 1 is 1.56 bits per heavy atom. The molecule has 1 aromatic rings. The van der Waals surface area contributed by atoms with Crippen molar-refractivity contribution in [1.82, 2.24) is 0 Å². The lowest BCUT2D eigenvalue weighted by atomic mass is 10.0. The normalized spacial score (nSPS) is 11.2. The van der Waals surface area contributed by atoms with Gasteiger partial charge in [-0.3, -0.25) is 5.41 Å². The second-order valence-corrected chi connectivity index (χ2v) is 4.60. The Bertz CT molecular complexity index is 510. The molecule has 0 aromatic heterocycles. The maximum atomic E-state index is 11.3. The van der Waals surface area contributed by atoms with E-state index in [-0.39, 0.29) is 5.71 Å². The van der Waals surface area contributed by atoms with Gasteiger partial charge in [-0.2, -0.15) is 0 Å². The molecule has 0 fully saturated rings. The number of ether oxygens (including phenoxy) is 1. The van der Waals surface area contributed by atoms with Gasteiger partial charge < -0.3 is 10.5 Å². The van der Waals surface area contributed by atoms with Crippen LogP contribution in [0.25, 0.3) is 0 Å². The van der Waals surface area contributed by atoms with Gasteiger partial charge in [0.2, 0.25) is 0 Å². The fraction of sp³-hybridized carbons (Fsp3) is 0.231. The molecule has 0 saturated heterocycles. The summed E-state index contributed by atoms with van der Waals surface area (Å²) in [4.78, 5) is 11.3. The minimum Gasteiger partial charge on any atom is -0.463 e. The van der Waals surface area contributed by atoms with Crippen molar-refractivity contribution in [3.05, 3.63) is 39.9 Å². The van der Waals surface area contributed by atoms with Crippen molar-refractivity contribution in [3.8, 4) is 0 Å². The number of halogens is 1. The molecule has 0 aliphatic carbocycles. The van der Waals surface area contributed by atoms with Gasteiger partial charge in [-0.1, -0.05) is 15.9 Å². The zero-order valence-electron chi connectivity index (χ0n) is 10.3. The number of carbonyl (C=O) groups excluding carboxylic acids is 1. The Balaban J connectivity index is 3.00. The third kappa shape index (κ3) is 3.70. The first-order valence-electron chi connectivity index (χ1n) is 5.45. The highest BCUT2D eigenvalue weighted by Gasteiger charge is 2.10. The van der Waals surface area contributed by atoms with Crippen molar-refractivity contribution >= 4 is 33.3 Å². The van der Waals surface area contributed by atoms with E-state index in [1.54, 1.807) is 32.0 Å². The van der Waals surface area contributed by atoms with E-state index < -0.39 is 5.97 Å². The summed E-state index contributed by atoms with van der Waals surface area (Å²) in [6.07, 6.45) is 1.30. The number of anilines is 1. The largest absolute Gasteiger partial charge is 0.463 e. The Labute approximate surface area is 114 Å². The molecule has 0 aliphatic heterocycles. The number of esters is 1. The summed E-state index contributed by atoms with van der Waals surface area (Å²) in [7, 11) is 0. The van der Waals surface area contributed by atoms with Gasteiger partial charge in [0.25, 0.3) is 0 Å². The van der Waals surface area contributed by atoms with Gasteiger partial charge >= 0.3 is 5.97 Å². The van der Waals surface area contributed by atoms with E-state index in [4.69, 9.17) is 15.9 Å². The van der Waals surface area contributed by atoms with Gasteiger partial charge in [0, 0.05) is 21.8 Å². The summed E-state index contributed by atoms with van der Waals surface area (Å²) in [5.74, 6) is -0.451. The van der Waals surface area contributed by atoms with Crippen LogP contribution in [0.4, 0.5) is 5.69 Å². The fourth-order valence-electron chi connectivity index (χ4n) is 1.39. The van der Waals surface area contributed by atoms with E-state index in [0.717, 1.165) is 4.47 Å². The predicted octanol–water partition coefficient (Wildman–Crippen LogP) is 2.91. The Morgan fingerprint density at radius 3 is 2.83 bits per heavy atom. The smallest absolute Gasteiger partial charge is 0.331 e. The third-order valence-electron chi connectivity index (χ3n) is 2.30. The molecular formula is C13H15BrN2O2. The number of carbonyl (C=O) groups is 1. The van der Waals surface area contributed by atoms with Gasteiger partial charge in [-0.05, 0) is 37.6 Å². The van der Waals surface area contributed by atoms with Gasteiger partial charge in [-0.25, -0.2) is 4.79 Å². The summed E-state index contributed by atoms with van der Waals surface area (Å²) < 4.78 is 5.63. The Kier molecular flexibility index (Phi) is 5.09. The number of nitrogens with one attached hydrogen (secondary N) is 1. The van der Waals surface area contributed by atoms with E-state index >= 15 is 0 Å². The van der Waals surface area contributed by atoms with Crippen LogP contribution in [-0.2, 0) is 9.53 Å². The van der Waals surface area contributed by atoms with Crippen LogP contribution < -0.4 is 5.73 Å². The molecule has 0 aliphatic rings. The second-order valence-electron chi connectivity index (χ2n) is 3.69. The Morgan fingerprint density at radius 2 is 2.22 bits per heavy atom. The summed E-state index contributed by atoms with van der Waals surface area (Å²) in [5, 5.41) is 8.02. The number of allylic oxidation sites excluding steroid dienone is 1. The standard InChI is InChI=1S/C13H15BrN2O2/c1-3-18-12(17)6-8(2)13(16)10-7-9(14)4-5-11(10)15/h4-7,16H,3,15H2,1-2H3/b8-6+,16-13?. The highest BCUT2D eigenvalue weighted by molar-refractivity contribution is 9.10.